The summed E-state index contributed by atoms with van der Waals surface area (Å²) >= 11 is 0. The molecule has 0 amide bonds. The van der Waals surface area contributed by atoms with Gasteiger partial charge in [-0.15, -0.1) is 0 Å². The summed E-state index contributed by atoms with van der Waals surface area (Å²) in [5.74, 6) is -0.727. The molecular formula is C24H22O6. The lowest BCUT2D eigenvalue weighted by atomic mass is 9.90. The van der Waals surface area contributed by atoms with Gasteiger partial charge in [0.15, 0.2) is 5.78 Å². The van der Waals surface area contributed by atoms with Crippen LogP contribution in [-0.2, 0) is 12.8 Å². The van der Waals surface area contributed by atoms with Crippen LogP contribution in [0, 0.1) is 0 Å². The quantitative estimate of drug-likeness (QED) is 0.482. The molecule has 0 unspecified atom stereocenters. The number of carbonyl (C=O) groups is 1. The highest BCUT2D eigenvalue weighted by Gasteiger charge is 2.35. The van der Waals surface area contributed by atoms with Gasteiger partial charge in [0.2, 0.25) is 0 Å². The number of aromatic hydroxyl groups is 3. The van der Waals surface area contributed by atoms with Gasteiger partial charge in [-0.1, -0.05) is 42.5 Å². The molecule has 0 saturated heterocycles. The second-order valence-electron chi connectivity index (χ2n) is 7.41. The summed E-state index contributed by atoms with van der Waals surface area (Å²) in [6, 6.07) is 16.8. The third-order valence-corrected chi connectivity index (χ3v) is 5.33. The topological polar surface area (TPSA) is 107 Å². The normalized spacial score (nSPS) is 17.8. The van der Waals surface area contributed by atoms with Gasteiger partial charge in [0.1, 0.15) is 34.7 Å². The summed E-state index contributed by atoms with van der Waals surface area (Å²) in [4.78, 5) is 13.0. The lowest BCUT2D eigenvalue weighted by molar-refractivity contribution is 0.0190. The molecule has 3 aromatic rings. The molecule has 0 aliphatic carbocycles. The zero-order valence-corrected chi connectivity index (χ0v) is 16.2. The zero-order chi connectivity index (χ0) is 21.3. The number of carbonyl (C=O) groups excluding carboxylic acids is 1. The van der Waals surface area contributed by atoms with Gasteiger partial charge >= 0.3 is 0 Å². The maximum atomic E-state index is 13.0. The van der Waals surface area contributed by atoms with Gasteiger partial charge < -0.3 is 25.2 Å². The molecule has 2 atom stereocenters. The second-order valence-corrected chi connectivity index (χ2v) is 7.41. The lowest BCUT2D eigenvalue weighted by Crippen LogP contribution is -2.31. The molecule has 0 spiro atoms. The number of aliphatic hydroxyl groups excluding tert-OH is 1. The highest BCUT2D eigenvalue weighted by Crippen LogP contribution is 2.46. The predicted octanol–water partition coefficient (Wildman–Crippen LogP) is 3.66. The molecule has 154 valence electrons. The number of ketones is 1. The minimum absolute atomic E-state index is 0.00871. The minimum atomic E-state index is -0.968. The van der Waals surface area contributed by atoms with Crippen molar-refractivity contribution in [1.82, 2.24) is 0 Å². The maximum Gasteiger partial charge on any atom is 0.170 e. The van der Waals surface area contributed by atoms with Gasteiger partial charge in [-0.2, -0.15) is 0 Å². The van der Waals surface area contributed by atoms with Crippen LogP contribution in [0.4, 0.5) is 0 Å². The molecular weight excluding hydrogens is 384 g/mol. The first kappa shape index (κ1) is 19.8. The van der Waals surface area contributed by atoms with Gasteiger partial charge in [-0.05, 0) is 29.7 Å². The van der Waals surface area contributed by atoms with Crippen LogP contribution in [0.3, 0.4) is 0 Å². The number of fused-ring (bicyclic) bond motifs is 1. The highest BCUT2D eigenvalue weighted by atomic mass is 16.5. The number of Topliss-reactive ketones (excluding diaryl/α,β-unsaturated/α-hetero) is 1. The first-order valence-electron chi connectivity index (χ1n) is 9.72. The fraction of sp³-hybridized carbons (Fsp3) is 0.208. The molecule has 0 radical (unpaired) electrons. The molecule has 1 heterocycles. The summed E-state index contributed by atoms with van der Waals surface area (Å²) in [7, 11) is 0. The summed E-state index contributed by atoms with van der Waals surface area (Å²) in [5.41, 5.74) is 1.90. The Morgan fingerprint density at radius 1 is 0.967 bits per heavy atom. The fourth-order valence-corrected chi connectivity index (χ4v) is 3.77. The van der Waals surface area contributed by atoms with Crippen molar-refractivity contribution >= 4 is 5.78 Å². The number of phenols is 3. The molecule has 0 bridgehead atoms. The van der Waals surface area contributed by atoms with Crippen molar-refractivity contribution in [3.8, 4) is 23.0 Å². The molecule has 4 rings (SSSR count). The average Bonchev–Trinajstić information content (AvgIpc) is 2.74. The SMILES string of the molecule is O=C(CCc1ccccc1)c1c(O)cc(O)c2c1O[C@@H](c1ccc(O)cc1)[C@@H](O)C2. The van der Waals surface area contributed by atoms with Crippen molar-refractivity contribution in [2.24, 2.45) is 0 Å². The van der Waals surface area contributed by atoms with E-state index in [1.165, 1.54) is 12.1 Å². The Bertz CT molecular complexity index is 1060. The summed E-state index contributed by atoms with van der Waals surface area (Å²) in [6.07, 6.45) is -1.06. The molecule has 6 nitrogen and oxygen atoms in total. The Labute approximate surface area is 173 Å². The third-order valence-electron chi connectivity index (χ3n) is 5.33. The third kappa shape index (κ3) is 3.82. The number of hydrogen-bond acceptors (Lipinski definition) is 6. The van der Waals surface area contributed by atoms with E-state index in [1.54, 1.807) is 12.1 Å². The molecule has 30 heavy (non-hydrogen) atoms. The molecule has 3 aromatic carbocycles. The number of phenolic OH excluding ortho intramolecular Hbond substituents is 3. The fourth-order valence-electron chi connectivity index (χ4n) is 3.77. The van der Waals surface area contributed by atoms with Crippen LogP contribution in [0.5, 0.6) is 23.0 Å². The lowest BCUT2D eigenvalue weighted by Gasteiger charge is -2.32. The van der Waals surface area contributed by atoms with Crippen LogP contribution >= 0.6 is 0 Å². The van der Waals surface area contributed by atoms with E-state index in [4.69, 9.17) is 4.74 Å². The molecule has 4 N–H and O–H groups in total. The van der Waals surface area contributed by atoms with Gasteiger partial charge in [0, 0.05) is 24.5 Å². The van der Waals surface area contributed by atoms with E-state index in [0.29, 0.717) is 17.5 Å². The van der Waals surface area contributed by atoms with Crippen LogP contribution < -0.4 is 4.74 Å². The smallest absolute Gasteiger partial charge is 0.170 e. The van der Waals surface area contributed by atoms with E-state index < -0.39 is 12.2 Å². The maximum absolute atomic E-state index is 13.0. The van der Waals surface area contributed by atoms with Gasteiger partial charge in [-0.25, -0.2) is 0 Å². The number of ether oxygens (including phenoxy) is 1. The monoisotopic (exact) mass is 406 g/mol. The predicted molar refractivity (Wildman–Crippen MR) is 110 cm³/mol. The molecule has 6 heteroatoms. The van der Waals surface area contributed by atoms with E-state index in [-0.39, 0.29) is 47.2 Å². The van der Waals surface area contributed by atoms with E-state index in [1.807, 2.05) is 30.3 Å². The molecule has 1 aliphatic heterocycles. The van der Waals surface area contributed by atoms with E-state index >= 15 is 0 Å². The van der Waals surface area contributed by atoms with Crippen LogP contribution in [-0.4, -0.2) is 32.3 Å². The molecule has 0 fully saturated rings. The van der Waals surface area contributed by atoms with Crippen molar-refractivity contribution in [3.05, 3.63) is 82.9 Å². The van der Waals surface area contributed by atoms with E-state index in [2.05, 4.69) is 0 Å². The van der Waals surface area contributed by atoms with Crippen LogP contribution in [0.2, 0.25) is 0 Å². The second kappa shape index (κ2) is 8.08. The number of aliphatic hydroxyl groups is 1. The van der Waals surface area contributed by atoms with E-state index in [0.717, 1.165) is 11.6 Å². The number of aryl methyl sites for hydroxylation is 1. The Hall–Kier alpha value is -3.51. The van der Waals surface area contributed by atoms with E-state index in [9.17, 15) is 25.2 Å². The molecule has 1 aliphatic rings. The standard InChI is InChI=1S/C24H22O6/c25-16-9-7-15(8-10-16)23-21(29)12-17-19(27)13-20(28)22(24(17)30-23)18(26)11-6-14-4-2-1-3-5-14/h1-5,7-10,13,21,23,25,27-29H,6,11-12H2/t21-,23-/m0/s1. The Kier molecular flexibility index (Phi) is 5.33. The molecule has 0 saturated carbocycles. The Morgan fingerprint density at radius 3 is 2.37 bits per heavy atom. The summed E-state index contributed by atoms with van der Waals surface area (Å²) in [6.45, 7) is 0. The van der Waals surface area contributed by atoms with Crippen LogP contribution in [0.15, 0.2) is 60.7 Å². The number of hydrogen-bond donors (Lipinski definition) is 4. The van der Waals surface area contributed by atoms with Crippen LogP contribution in [0.1, 0.15) is 39.6 Å². The van der Waals surface area contributed by atoms with Crippen molar-refractivity contribution in [2.45, 2.75) is 31.5 Å². The van der Waals surface area contributed by atoms with Gasteiger partial charge in [0.25, 0.3) is 0 Å². The van der Waals surface area contributed by atoms with Crippen molar-refractivity contribution in [1.29, 1.82) is 0 Å². The summed E-state index contributed by atoms with van der Waals surface area (Å²) < 4.78 is 5.96. The minimum Gasteiger partial charge on any atom is -0.508 e. The first-order valence-corrected chi connectivity index (χ1v) is 9.72. The van der Waals surface area contributed by atoms with Gasteiger partial charge in [0.05, 0.1) is 6.10 Å². The highest BCUT2D eigenvalue weighted by molar-refractivity contribution is 6.02. The largest absolute Gasteiger partial charge is 0.508 e. The van der Waals surface area contributed by atoms with Crippen molar-refractivity contribution in [3.63, 3.8) is 0 Å². The molecule has 0 aromatic heterocycles. The summed E-state index contributed by atoms with van der Waals surface area (Å²) in [5, 5.41) is 40.8. The van der Waals surface area contributed by atoms with Gasteiger partial charge in [-0.3, -0.25) is 4.79 Å². The van der Waals surface area contributed by atoms with Crippen LogP contribution in [0.25, 0.3) is 0 Å². The number of rotatable bonds is 5. The first-order chi connectivity index (χ1) is 14.4. The van der Waals surface area contributed by atoms with Crippen molar-refractivity contribution < 1.29 is 30.0 Å². The Morgan fingerprint density at radius 2 is 1.67 bits per heavy atom. The average molecular weight is 406 g/mol. The Balaban J connectivity index is 1.67. The van der Waals surface area contributed by atoms with Crippen molar-refractivity contribution in [2.75, 3.05) is 0 Å². The number of benzene rings is 3. The zero-order valence-electron chi connectivity index (χ0n) is 16.2.